The molecular formula is C20H21NO4. The Kier molecular flexibility index (Phi) is 5.03. The highest BCUT2D eigenvalue weighted by Gasteiger charge is 2.24. The summed E-state index contributed by atoms with van der Waals surface area (Å²) in [5.74, 6) is 0.273. The van der Waals surface area contributed by atoms with E-state index in [1.807, 2.05) is 17.0 Å². The highest BCUT2D eigenvalue weighted by Crippen LogP contribution is 2.29. The topological polar surface area (TPSA) is 66.8 Å². The number of aromatic carboxylic acids is 1. The first-order valence-corrected chi connectivity index (χ1v) is 8.35. The molecule has 1 aliphatic heterocycles. The van der Waals surface area contributed by atoms with Crippen LogP contribution in [-0.4, -0.2) is 42.1 Å². The van der Waals surface area contributed by atoms with Crippen molar-refractivity contribution in [1.82, 2.24) is 4.90 Å². The van der Waals surface area contributed by atoms with Crippen molar-refractivity contribution in [3.8, 4) is 5.75 Å². The molecule has 0 spiro atoms. The summed E-state index contributed by atoms with van der Waals surface area (Å²) in [6.45, 7) is 1.41. The van der Waals surface area contributed by atoms with Crippen LogP contribution >= 0.6 is 0 Å². The summed E-state index contributed by atoms with van der Waals surface area (Å²) >= 11 is 0. The third kappa shape index (κ3) is 3.82. The van der Waals surface area contributed by atoms with Crippen molar-refractivity contribution in [3.05, 3.63) is 65.2 Å². The fourth-order valence-corrected chi connectivity index (χ4v) is 3.23. The molecule has 0 aliphatic carbocycles. The molecule has 1 aliphatic rings. The van der Waals surface area contributed by atoms with Crippen molar-refractivity contribution in [3.63, 3.8) is 0 Å². The summed E-state index contributed by atoms with van der Waals surface area (Å²) in [5, 5.41) is 8.93. The number of amides is 1. The maximum atomic E-state index is 12.6. The van der Waals surface area contributed by atoms with Gasteiger partial charge in [-0.15, -0.1) is 0 Å². The molecule has 0 saturated carbocycles. The summed E-state index contributed by atoms with van der Waals surface area (Å²) in [6, 6.07) is 14.2. The number of carbonyl (C=O) groups excluding carboxylic acids is 1. The quantitative estimate of drug-likeness (QED) is 0.927. The van der Waals surface area contributed by atoms with Gasteiger partial charge < -0.3 is 14.7 Å². The van der Waals surface area contributed by atoms with E-state index in [9.17, 15) is 9.59 Å². The van der Waals surface area contributed by atoms with E-state index >= 15 is 0 Å². The highest BCUT2D eigenvalue weighted by atomic mass is 16.5. The van der Waals surface area contributed by atoms with E-state index in [-0.39, 0.29) is 11.5 Å². The predicted octanol–water partition coefficient (Wildman–Crippen LogP) is 3.41. The highest BCUT2D eigenvalue weighted by molar-refractivity contribution is 5.96. The van der Waals surface area contributed by atoms with Crippen molar-refractivity contribution < 1.29 is 19.4 Å². The number of ether oxygens (including phenoxy) is 1. The van der Waals surface area contributed by atoms with Gasteiger partial charge in [0, 0.05) is 18.7 Å². The van der Waals surface area contributed by atoms with Crippen molar-refractivity contribution in [2.24, 2.45) is 0 Å². The fraction of sp³-hybridized carbons (Fsp3) is 0.300. The Balaban J connectivity index is 1.61. The van der Waals surface area contributed by atoms with Gasteiger partial charge in [-0.3, -0.25) is 4.79 Å². The van der Waals surface area contributed by atoms with Gasteiger partial charge in [-0.05, 0) is 60.7 Å². The number of hydrogen-bond donors (Lipinski definition) is 1. The van der Waals surface area contributed by atoms with Gasteiger partial charge in [-0.2, -0.15) is 0 Å². The van der Waals surface area contributed by atoms with E-state index in [0.717, 1.165) is 18.6 Å². The van der Waals surface area contributed by atoms with Crippen LogP contribution in [0.1, 0.15) is 45.0 Å². The van der Waals surface area contributed by atoms with Gasteiger partial charge in [0.25, 0.3) is 5.91 Å². The number of piperidine rings is 1. The van der Waals surface area contributed by atoms with Crippen LogP contribution in [-0.2, 0) is 0 Å². The third-order valence-corrected chi connectivity index (χ3v) is 4.75. The van der Waals surface area contributed by atoms with Crippen LogP contribution in [0.5, 0.6) is 5.75 Å². The van der Waals surface area contributed by atoms with Gasteiger partial charge in [0.15, 0.2) is 0 Å². The van der Waals surface area contributed by atoms with Crippen molar-refractivity contribution in [1.29, 1.82) is 0 Å². The lowest BCUT2D eigenvalue weighted by Gasteiger charge is -2.32. The molecule has 130 valence electrons. The van der Waals surface area contributed by atoms with E-state index in [0.29, 0.717) is 24.6 Å². The summed E-state index contributed by atoms with van der Waals surface area (Å²) in [5.41, 5.74) is 2.00. The third-order valence-electron chi connectivity index (χ3n) is 4.75. The van der Waals surface area contributed by atoms with Crippen LogP contribution in [0.25, 0.3) is 0 Å². The number of carboxylic acid groups (broad SMARTS) is 1. The summed E-state index contributed by atoms with van der Waals surface area (Å²) in [7, 11) is 1.65. The lowest BCUT2D eigenvalue weighted by molar-refractivity contribution is 0.0689. The molecule has 0 bridgehead atoms. The van der Waals surface area contributed by atoms with Crippen molar-refractivity contribution in [2.75, 3.05) is 20.2 Å². The predicted molar refractivity (Wildman–Crippen MR) is 94.3 cm³/mol. The van der Waals surface area contributed by atoms with Gasteiger partial charge in [-0.25, -0.2) is 4.79 Å². The van der Waals surface area contributed by atoms with E-state index in [2.05, 4.69) is 12.1 Å². The molecule has 1 N–H and O–H groups in total. The maximum absolute atomic E-state index is 12.6. The number of carboxylic acids is 1. The number of nitrogens with zero attached hydrogens (tertiary/aromatic N) is 1. The SMILES string of the molecule is COc1ccc(C2CCN(C(=O)c3ccc(C(=O)O)cc3)CC2)cc1. The summed E-state index contributed by atoms with van der Waals surface area (Å²) in [4.78, 5) is 25.3. The first-order chi connectivity index (χ1) is 12.1. The average molecular weight is 339 g/mol. The number of benzene rings is 2. The molecule has 5 nitrogen and oxygen atoms in total. The molecule has 1 saturated heterocycles. The van der Waals surface area contributed by atoms with Crippen LogP contribution < -0.4 is 4.74 Å². The van der Waals surface area contributed by atoms with Crippen LogP contribution in [0.2, 0.25) is 0 Å². The Morgan fingerprint density at radius 2 is 1.52 bits per heavy atom. The fourth-order valence-electron chi connectivity index (χ4n) is 3.23. The van der Waals surface area contributed by atoms with Crippen molar-refractivity contribution in [2.45, 2.75) is 18.8 Å². The number of carbonyl (C=O) groups is 2. The standard InChI is InChI=1S/C20H21NO4/c1-25-18-8-6-14(7-9-18)15-10-12-21(13-11-15)19(22)16-2-4-17(5-3-16)20(23)24/h2-9,15H,10-13H2,1H3,(H,23,24). The van der Waals surface area contributed by atoms with E-state index < -0.39 is 5.97 Å². The van der Waals surface area contributed by atoms with Gasteiger partial charge >= 0.3 is 5.97 Å². The monoisotopic (exact) mass is 339 g/mol. The largest absolute Gasteiger partial charge is 0.497 e. The molecule has 0 unspecified atom stereocenters. The Hall–Kier alpha value is -2.82. The smallest absolute Gasteiger partial charge is 0.335 e. The zero-order valence-corrected chi connectivity index (χ0v) is 14.1. The second-order valence-electron chi connectivity index (χ2n) is 6.22. The number of likely N-dealkylation sites (tertiary alicyclic amines) is 1. The van der Waals surface area contributed by atoms with E-state index in [1.54, 1.807) is 19.2 Å². The number of rotatable bonds is 4. The van der Waals surface area contributed by atoms with E-state index in [1.165, 1.54) is 17.7 Å². The molecule has 2 aromatic carbocycles. The van der Waals surface area contributed by atoms with Crippen LogP contribution in [0.4, 0.5) is 0 Å². The lowest BCUT2D eigenvalue weighted by Crippen LogP contribution is -2.37. The zero-order chi connectivity index (χ0) is 17.8. The van der Waals surface area contributed by atoms with Gasteiger partial charge in [0.1, 0.15) is 5.75 Å². The number of hydrogen-bond acceptors (Lipinski definition) is 3. The molecule has 1 amide bonds. The van der Waals surface area contributed by atoms with Crippen LogP contribution in [0.3, 0.4) is 0 Å². The molecule has 3 rings (SSSR count). The molecule has 0 atom stereocenters. The minimum Gasteiger partial charge on any atom is -0.497 e. The van der Waals surface area contributed by atoms with Crippen molar-refractivity contribution >= 4 is 11.9 Å². The second-order valence-corrected chi connectivity index (χ2v) is 6.22. The lowest BCUT2D eigenvalue weighted by atomic mass is 9.89. The summed E-state index contributed by atoms with van der Waals surface area (Å²) in [6.07, 6.45) is 1.84. The molecular weight excluding hydrogens is 318 g/mol. The van der Waals surface area contributed by atoms with Gasteiger partial charge in [0.2, 0.25) is 0 Å². The first kappa shape index (κ1) is 17.0. The van der Waals surface area contributed by atoms with E-state index in [4.69, 9.17) is 9.84 Å². The normalized spacial score (nSPS) is 15.0. The number of methoxy groups -OCH3 is 1. The Labute approximate surface area is 146 Å². The second kappa shape index (κ2) is 7.38. The molecule has 0 radical (unpaired) electrons. The minimum absolute atomic E-state index is 0.0369. The summed E-state index contributed by atoms with van der Waals surface area (Å²) < 4.78 is 5.19. The first-order valence-electron chi connectivity index (χ1n) is 8.35. The molecule has 5 heteroatoms. The molecule has 1 heterocycles. The Morgan fingerprint density at radius 3 is 2.04 bits per heavy atom. The average Bonchev–Trinajstić information content (AvgIpc) is 2.67. The Morgan fingerprint density at radius 1 is 0.960 bits per heavy atom. The molecule has 1 fully saturated rings. The minimum atomic E-state index is -0.987. The maximum Gasteiger partial charge on any atom is 0.335 e. The molecule has 25 heavy (non-hydrogen) atoms. The zero-order valence-electron chi connectivity index (χ0n) is 14.1. The van der Waals surface area contributed by atoms with Crippen LogP contribution in [0.15, 0.2) is 48.5 Å². The van der Waals surface area contributed by atoms with Gasteiger partial charge in [0.05, 0.1) is 12.7 Å². The van der Waals surface area contributed by atoms with Crippen LogP contribution in [0, 0.1) is 0 Å². The van der Waals surface area contributed by atoms with Gasteiger partial charge in [-0.1, -0.05) is 12.1 Å². The Bertz CT molecular complexity index is 744. The molecule has 2 aromatic rings. The molecule has 0 aromatic heterocycles.